The Bertz CT molecular complexity index is 391. The summed E-state index contributed by atoms with van der Waals surface area (Å²) in [7, 11) is 0. The molecular formula is C7H5F3N2O2. The zero-order valence-electron chi connectivity index (χ0n) is 6.97. The minimum atomic E-state index is -1.74. The molecule has 1 aromatic rings. The number of anilines is 1. The third-order valence-corrected chi connectivity index (χ3v) is 1.73. The highest BCUT2D eigenvalue weighted by Crippen LogP contribution is 2.32. The summed E-state index contributed by atoms with van der Waals surface area (Å²) in [6.45, 7) is 0.938. The van der Waals surface area contributed by atoms with Crippen LogP contribution in [0.2, 0.25) is 0 Å². The molecule has 0 atom stereocenters. The van der Waals surface area contributed by atoms with Crippen LogP contribution in [-0.4, -0.2) is 4.92 Å². The van der Waals surface area contributed by atoms with Crippen molar-refractivity contribution in [3.8, 4) is 0 Å². The summed E-state index contributed by atoms with van der Waals surface area (Å²) in [5, 5.41) is 10.2. The molecule has 0 spiro atoms. The highest BCUT2D eigenvalue weighted by Gasteiger charge is 2.28. The lowest BCUT2D eigenvalue weighted by atomic mass is 10.1. The number of nitrogens with two attached hydrogens (primary N) is 1. The van der Waals surface area contributed by atoms with Gasteiger partial charge < -0.3 is 5.73 Å². The van der Waals surface area contributed by atoms with Crippen molar-refractivity contribution >= 4 is 11.4 Å². The van der Waals surface area contributed by atoms with Crippen molar-refractivity contribution in [2.24, 2.45) is 0 Å². The number of nitro benzene ring substituents is 1. The third kappa shape index (κ3) is 1.26. The van der Waals surface area contributed by atoms with E-state index in [1.54, 1.807) is 0 Å². The number of nitrogen functional groups attached to an aromatic ring is 1. The van der Waals surface area contributed by atoms with Crippen LogP contribution < -0.4 is 5.73 Å². The summed E-state index contributed by atoms with van der Waals surface area (Å²) in [5.41, 5.74) is 1.89. The Labute approximate surface area is 76.3 Å². The van der Waals surface area contributed by atoms with Crippen molar-refractivity contribution in [1.82, 2.24) is 0 Å². The van der Waals surface area contributed by atoms with E-state index in [0.717, 1.165) is 6.92 Å². The predicted molar refractivity (Wildman–Crippen MR) is 42.1 cm³/mol. The molecule has 0 fully saturated rings. The first kappa shape index (κ1) is 10.3. The minimum absolute atomic E-state index is 0.675. The maximum absolute atomic E-state index is 13.0. The van der Waals surface area contributed by atoms with E-state index < -0.39 is 39.3 Å². The Morgan fingerprint density at radius 1 is 1.21 bits per heavy atom. The Morgan fingerprint density at radius 3 is 2.14 bits per heavy atom. The van der Waals surface area contributed by atoms with E-state index in [0.29, 0.717) is 0 Å². The first-order valence-electron chi connectivity index (χ1n) is 3.44. The quantitative estimate of drug-likeness (QED) is 0.330. The summed E-state index contributed by atoms with van der Waals surface area (Å²) < 4.78 is 38.7. The first-order chi connectivity index (χ1) is 6.37. The Kier molecular flexibility index (Phi) is 2.33. The van der Waals surface area contributed by atoms with Gasteiger partial charge in [0.1, 0.15) is 0 Å². The van der Waals surface area contributed by atoms with E-state index in [1.807, 2.05) is 0 Å². The number of nitrogens with zero attached hydrogens (tertiary/aromatic N) is 1. The van der Waals surface area contributed by atoms with Gasteiger partial charge in [-0.15, -0.1) is 0 Å². The van der Waals surface area contributed by atoms with Crippen molar-refractivity contribution in [3.05, 3.63) is 33.1 Å². The summed E-state index contributed by atoms with van der Waals surface area (Å²) in [5.74, 6) is -4.65. The first-order valence-corrected chi connectivity index (χ1v) is 3.44. The predicted octanol–water partition coefficient (Wildman–Crippen LogP) is 1.90. The second-order valence-corrected chi connectivity index (χ2v) is 2.59. The molecule has 0 radical (unpaired) electrons. The van der Waals surface area contributed by atoms with Gasteiger partial charge in [0.05, 0.1) is 4.92 Å². The van der Waals surface area contributed by atoms with Crippen LogP contribution in [-0.2, 0) is 0 Å². The number of rotatable bonds is 1. The van der Waals surface area contributed by atoms with Crippen LogP contribution in [0.25, 0.3) is 0 Å². The standard InChI is InChI=1S/C7H5F3N2O2/c1-2-3(8)5(10)7(12(13)14)6(11)4(2)9/h11H2,1H3. The second kappa shape index (κ2) is 3.17. The van der Waals surface area contributed by atoms with Crippen LogP contribution in [0.15, 0.2) is 0 Å². The molecular weight excluding hydrogens is 201 g/mol. The lowest BCUT2D eigenvalue weighted by molar-refractivity contribution is -0.387. The maximum Gasteiger partial charge on any atom is 0.333 e. The van der Waals surface area contributed by atoms with Gasteiger partial charge in [-0.1, -0.05) is 0 Å². The fourth-order valence-corrected chi connectivity index (χ4v) is 0.968. The van der Waals surface area contributed by atoms with E-state index in [4.69, 9.17) is 5.73 Å². The third-order valence-electron chi connectivity index (χ3n) is 1.73. The average Bonchev–Trinajstić information content (AvgIpc) is 2.11. The van der Waals surface area contributed by atoms with Gasteiger partial charge in [-0.2, -0.15) is 4.39 Å². The van der Waals surface area contributed by atoms with Crippen LogP contribution in [0.5, 0.6) is 0 Å². The lowest BCUT2D eigenvalue weighted by Crippen LogP contribution is -2.06. The maximum atomic E-state index is 13.0. The topological polar surface area (TPSA) is 69.2 Å². The van der Waals surface area contributed by atoms with E-state index in [9.17, 15) is 23.3 Å². The molecule has 0 saturated heterocycles. The molecule has 1 rings (SSSR count). The summed E-state index contributed by atoms with van der Waals surface area (Å²) in [6, 6.07) is 0. The average molecular weight is 206 g/mol. The van der Waals surface area contributed by atoms with Crippen molar-refractivity contribution in [2.45, 2.75) is 6.92 Å². The van der Waals surface area contributed by atoms with Gasteiger partial charge in [-0.05, 0) is 6.92 Å². The fraction of sp³-hybridized carbons (Fsp3) is 0.143. The molecule has 0 saturated carbocycles. The normalized spacial score (nSPS) is 10.3. The van der Waals surface area contributed by atoms with Gasteiger partial charge >= 0.3 is 5.69 Å². The van der Waals surface area contributed by atoms with Gasteiger partial charge in [-0.3, -0.25) is 10.1 Å². The minimum Gasteiger partial charge on any atom is -0.391 e. The summed E-state index contributed by atoms with van der Waals surface area (Å²) >= 11 is 0. The smallest absolute Gasteiger partial charge is 0.333 e. The molecule has 14 heavy (non-hydrogen) atoms. The van der Waals surface area contributed by atoms with Crippen LogP contribution in [0.4, 0.5) is 24.5 Å². The van der Waals surface area contributed by atoms with E-state index in [1.165, 1.54) is 0 Å². The molecule has 0 unspecified atom stereocenters. The summed E-state index contributed by atoms with van der Waals surface area (Å²) in [4.78, 5) is 8.94. The zero-order chi connectivity index (χ0) is 11.0. The number of halogens is 3. The molecule has 1 aromatic carbocycles. The van der Waals surface area contributed by atoms with E-state index in [-0.39, 0.29) is 0 Å². The van der Waals surface area contributed by atoms with Crippen molar-refractivity contribution < 1.29 is 18.1 Å². The fourth-order valence-electron chi connectivity index (χ4n) is 0.968. The molecule has 2 N–H and O–H groups in total. The lowest BCUT2D eigenvalue weighted by Gasteiger charge is -2.04. The van der Waals surface area contributed by atoms with Crippen LogP contribution >= 0.6 is 0 Å². The van der Waals surface area contributed by atoms with Gasteiger partial charge in [0, 0.05) is 5.56 Å². The Balaban J connectivity index is 3.68. The molecule has 0 aliphatic carbocycles. The monoisotopic (exact) mass is 206 g/mol. The number of nitro groups is 1. The zero-order valence-corrected chi connectivity index (χ0v) is 6.97. The number of hydrogen-bond acceptors (Lipinski definition) is 3. The summed E-state index contributed by atoms with van der Waals surface area (Å²) in [6.07, 6.45) is 0. The van der Waals surface area contributed by atoms with E-state index in [2.05, 4.69) is 0 Å². The Hall–Kier alpha value is -1.79. The molecule has 0 aromatic heterocycles. The SMILES string of the molecule is Cc1c(F)c(N)c([N+](=O)[O-])c(F)c1F. The number of benzene rings is 1. The highest BCUT2D eigenvalue weighted by molar-refractivity contribution is 5.61. The molecule has 0 aliphatic rings. The molecule has 0 aliphatic heterocycles. The molecule has 4 nitrogen and oxygen atoms in total. The van der Waals surface area contributed by atoms with Gasteiger partial charge in [0.25, 0.3) is 0 Å². The highest BCUT2D eigenvalue weighted by atomic mass is 19.2. The second-order valence-electron chi connectivity index (χ2n) is 2.59. The number of hydrogen-bond donors (Lipinski definition) is 1. The van der Waals surface area contributed by atoms with Gasteiger partial charge in [0.15, 0.2) is 17.3 Å². The molecule has 0 amide bonds. The molecule has 7 heteroatoms. The Morgan fingerprint density at radius 2 is 1.71 bits per heavy atom. The largest absolute Gasteiger partial charge is 0.391 e. The van der Waals surface area contributed by atoms with Crippen molar-refractivity contribution in [1.29, 1.82) is 0 Å². The molecule has 76 valence electrons. The van der Waals surface area contributed by atoms with Crippen molar-refractivity contribution in [3.63, 3.8) is 0 Å². The van der Waals surface area contributed by atoms with Crippen LogP contribution in [0, 0.1) is 34.5 Å². The van der Waals surface area contributed by atoms with Crippen LogP contribution in [0.3, 0.4) is 0 Å². The molecule has 0 heterocycles. The molecule has 0 bridgehead atoms. The van der Waals surface area contributed by atoms with Crippen molar-refractivity contribution in [2.75, 3.05) is 5.73 Å². The van der Waals surface area contributed by atoms with Crippen LogP contribution in [0.1, 0.15) is 5.56 Å². The van der Waals surface area contributed by atoms with Gasteiger partial charge in [-0.25, -0.2) is 8.78 Å². The van der Waals surface area contributed by atoms with E-state index >= 15 is 0 Å². The van der Waals surface area contributed by atoms with Gasteiger partial charge in [0.2, 0.25) is 5.82 Å².